The highest BCUT2D eigenvalue weighted by Crippen LogP contribution is 2.11. The number of unbranched alkanes of at least 4 members (excludes halogenated alkanes) is 1. The van der Waals surface area contributed by atoms with Crippen molar-refractivity contribution in [1.29, 1.82) is 0 Å². The minimum absolute atomic E-state index is 0.0269. The fourth-order valence-corrected chi connectivity index (χ4v) is 8.08. The second-order valence-electron chi connectivity index (χ2n) is 19.7. The van der Waals surface area contributed by atoms with Crippen LogP contribution in [0, 0.1) is 5.92 Å². The summed E-state index contributed by atoms with van der Waals surface area (Å²) in [4.78, 5) is 178. The average Bonchev–Trinajstić information content (AvgIpc) is 3.92. The molecule has 0 aliphatic heterocycles. The summed E-state index contributed by atoms with van der Waals surface area (Å²) in [7, 11) is 0. The van der Waals surface area contributed by atoms with Gasteiger partial charge in [-0.3, -0.25) is 57.5 Å². The summed E-state index contributed by atoms with van der Waals surface area (Å²) < 4.78 is 0. The zero-order chi connectivity index (χ0) is 62.7. The summed E-state index contributed by atoms with van der Waals surface area (Å²) in [6, 6.07) is -9.46. The van der Waals surface area contributed by atoms with Crippen LogP contribution in [0.25, 0.3) is 0 Å². The molecule has 0 fully saturated rings. The summed E-state index contributed by atoms with van der Waals surface area (Å²) in [5.74, 6) is -17.1. The number of H-pyrrole nitrogens is 1. The van der Waals surface area contributed by atoms with Crippen LogP contribution in [-0.2, 0) is 75.2 Å². The molecule has 0 saturated heterocycles. The predicted octanol–water partition coefficient (Wildman–Crippen LogP) is -6.34. The standard InChI is InChI=1S/C50H76N14O18S/c1-23(2)14-28(52)41(72)57-32(17-36(53)67)46(77)63-40(25(4)66)49(80)61-34(19-38(70)71)45(76)59-31(16-27-20-54-22-55-27)43(74)60-33(18-37(68)69)44(75)58-30(15-26-10-6-5-7-11-26)42(73)62-35(21-83)47(78)64-39(24(3)65)48(79)56-29(50(81)82)12-8-9-13-51/h5-7,10-11,20,22-25,28-35,39-40,65-66,83H,8-9,12-19,21,51-52H2,1-4H3,(H2,53,67)(H,54,55)(H,56,79)(H,57,72)(H,58,75)(H,59,76)(H,60,74)(H,61,80)(H,62,73)(H,63,77)(H,64,78)(H,68,69)(H,70,71)(H,81,82)/t24-,25-,28+,29+,30+,31+,32+,33+,34+,35+,39+,40+/m1/s1. The smallest absolute Gasteiger partial charge is 0.326 e. The van der Waals surface area contributed by atoms with Crippen molar-refractivity contribution in [3.05, 3.63) is 54.1 Å². The van der Waals surface area contributed by atoms with Crippen LogP contribution in [0.3, 0.4) is 0 Å². The zero-order valence-corrected chi connectivity index (χ0v) is 46.9. The highest BCUT2D eigenvalue weighted by atomic mass is 32.1. The molecule has 0 aliphatic carbocycles. The van der Waals surface area contributed by atoms with E-state index in [0.29, 0.717) is 18.4 Å². The van der Waals surface area contributed by atoms with Gasteiger partial charge < -0.3 is 95.6 Å². The van der Waals surface area contributed by atoms with E-state index in [4.69, 9.17) is 17.2 Å². The van der Waals surface area contributed by atoms with Crippen LogP contribution in [0.2, 0.25) is 0 Å². The number of rotatable bonds is 38. The Morgan fingerprint density at radius 3 is 1.41 bits per heavy atom. The first-order valence-electron chi connectivity index (χ1n) is 26.1. The molecule has 460 valence electrons. The van der Waals surface area contributed by atoms with Gasteiger partial charge in [-0.05, 0) is 57.6 Å². The second-order valence-corrected chi connectivity index (χ2v) is 20.1. The van der Waals surface area contributed by atoms with Crippen LogP contribution < -0.4 is 65.1 Å². The lowest BCUT2D eigenvalue weighted by Gasteiger charge is -2.28. The highest BCUT2D eigenvalue weighted by Gasteiger charge is 2.38. The third-order valence-electron chi connectivity index (χ3n) is 12.1. The minimum Gasteiger partial charge on any atom is -0.481 e. The van der Waals surface area contributed by atoms with E-state index in [2.05, 4.69) is 70.4 Å². The number of aliphatic hydroxyl groups excluding tert-OH is 2. The summed E-state index contributed by atoms with van der Waals surface area (Å²) in [5.41, 5.74) is 17.2. The Kier molecular flexibility index (Phi) is 30.3. The Morgan fingerprint density at radius 2 is 0.976 bits per heavy atom. The SMILES string of the molecule is CC(C)C[C@H](N)C(=O)N[C@@H](CC(N)=O)C(=O)N[C@H](C(=O)N[C@@H](CC(=O)O)C(=O)N[C@@H](Cc1c[nH]cn1)C(=O)N[C@@H](CC(=O)O)C(=O)N[C@@H](Cc1ccccc1)C(=O)N[C@@H](CS)C(=O)N[C@H](C(=O)N[C@@H](CCCCN)C(=O)O)[C@@H](C)O)[C@@H](C)O. The van der Waals surface area contributed by atoms with E-state index in [1.165, 1.54) is 12.5 Å². The fraction of sp³-hybridized carbons (Fsp3) is 0.560. The number of hydrogen-bond donors (Lipinski definition) is 19. The molecule has 1 aromatic carbocycles. The summed E-state index contributed by atoms with van der Waals surface area (Å²) >= 11 is 4.15. The third kappa shape index (κ3) is 25.6. The van der Waals surface area contributed by atoms with Crippen molar-refractivity contribution in [3.8, 4) is 0 Å². The van der Waals surface area contributed by atoms with E-state index >= 15 is 0 Å². The number of carboxylic acids is 3. The van der Waals surface area contributed by atoms with Crippen molar-refractivity contribution < 1.29 is 87.9 Å². The number of hydrogen-bond acceptors (Lipinski definition) is 19. The molecule has 2 rings (SSSR count). The van der Waals surface area contributed by atoms with Crippen LogP contribution in [0.15, 0.2) is 42.9 Å². The molecule has 33 heteroatoms. The second kappa shape index (κ2) is 35.6. The van der Waals surface area contributed by atoms with Crippen molar-refractivity contribution >= 4 is 89.6 Å². The molecule has 1 heterocycles. The number of amides is 10. The molecule has 1 aromatic heterocycles. The number of nitrogens with zero attached hydrogens (tertiary/aromatic N) is 1. The minimum atomic E-state index is -2.11. The molecule has 0 unspecified atom stereocenters. The van der Waals surface area contributed by atoms with Gasteiger partial charge in [0.25, 0.3) is 0 Å². The first-order chi connectivity index (χ1) is 39.0. The molecular weight excluding hydrogens is 1120 g/mol. The van der Waals surface area contributed by atoms with Gasteiger partial charge in [-0.25, -0.2) is 9.78 Å². The number of primary amides is 1. The van der Waals surface area contributed by atoms with E-state index in [9.17, 15) is 87.9 Å². The highest BCUT2D eigenvalue weighted by molar-refractivity contribution is 7.80. The molecule has 0 saturated carbocycles. The molecule has 32 nitrogen and oxygen atoms in total. The number of aromatic nitrogens is 2. The topological polar surface area (TPSA) is 538 Å². The monoisotopic (exact) mass is 1190 g/mol. The molecule has 0 bridgehead atoms. The van der Waals surface area contributed by atoms with Gasteiger partial charge in [0.2, 0.25) is 59.1 Å². The van der Waals surface area contributed by atoms with Crippen LogP contribution in [0.4, 0.5) is 0 Å². The Morgan fingerprint density at radius 1 is 0.554 bits per heavy atom. The van der Waals surface area contributed by atoms with Crippen molar-refractivity contribution in [2.75, 3.05) is 12.3 Å². The predicted molar refractivity (Wildman–Crippen MR) is 293 cm³/mol. The molecule has 0 spiro atoms. The van der Waals surface area contributed by atoms with Gasteiger partial charge in [0.15, 0.2) is 0 Å². The van der Waals surface area contributed by atoms with Gasteiger partial charge in [0.05, 0.1) is 49.5 Å². The molecule has 10 amide bonds. The number of carbonyl (C=O) groups excluding carboxylic acids is 10. The first kappa shape index (κ1) is 70.8. The van der Waals surface area contributed by atoms with Crippen LogP contribution in [0.5, 0.6) is 0 Å². The van der Waals surface area contributed by atoms with Crippen molar-refractivity contribution in [3.63, 3.8) is 0 Å². The lowest BCUT2D eigenvalue weighted by Crippen LogP contribution is -2.62. The van der Waals surface area contributed by atoms with E-state index in [-0.39, 0.29) is 37.4 Å². The number of carboxylic acid groups (broad SMARTS) is 3. The normalized spacial score (nSPS) is 15.4. The summed E-state index contributed by atoms with van der Waals surface area (Å²) in [5, 5.41) is 70.6. The Bertz CT molecular complexity index is 2560. The molecular formula is C50H76N14O18S. The van der Waals surface area contributed by atoms with Gasteiger partial charge in [0.1, 0.15) is 54.4 Å². The number of aliphatic carboxylic acids is 3. The molecule has 2 aromatic rings. The van der Waals surface area contributed by atoms with Gasteiger partial charge in [-0.15, -0.1) is 0 Å². The maximum Gasteiger partial charge on any atom is 0.326 e. The van der Waals surface area contributed by atoms with E-state index in [0.717, 1.165) is 13.8 Å². The number of aliphatic hydroxyl groups is 2. The molecule has 12 atom stereocenters. The first-order valence-corrected chi connectivity index (χ1v) is 26.7. The molecule has 0 aliphatic rings. The number of aromatic amines is 1. The average molecular weight is 1190 g/mol. The number of imidazole rings is 1. The van der Waals surface area contributed by atoms with Crippen molar-refractivity contribution in [2.24, 2.45) is 23.1 Å². The quantitative estimate of drug-likeness (QED) is 0.0220. The Labute approximate surface area is 481 Å². The zero-order valence-electron chi connectivity index (χ0n) is 46.0. The van der Waals surface area contributed by atoms with Crippen LogP contribution >= 0.6 is 12.6 Å². The van der Waals surface area contributed by atoms with E-state index < -0.39 is 181 Å². The van der Waals surface area contributed by atoms with Crippen LogP contribution in [-0.4, -0.2) is 197 Å². The van der Waals surface area contributed by atoms with Crippen molar-refractivity contribution in [1.82, 2.24) is 57.8 Å². The largest absolute Gasteiger partial charge is 0.481 e. The fourth-order valence-electron chi connectivity index (χ4n) is 7.83. The number of benzene rings is 1. The number of nitrogens with two attached hydrogens (primary N) is 3. The molecule has 83 heavy (non-hydrogen) atoms. The lowest BCUT2D eigenvalue weighted by molar-refractivity contribution is -0.143. The molecule has 0 radical (unpaired) electrons. The number of carbonyl (C=O) groups is 13. The van der Waals surface area contributed by atoms with Gasteiger partial charge in [0, 0.05) is 24.8 Å². The lowest BCUT2D eigenvalue weighted by atomic mass is 10.0. The van der Waals surface area contributed by atoms with Gasteiger partial charge in [-0.1, -0.05) is 44.2 Å². The van der Waals surface area contributed by atoms with Crippen LogP contribution in [0.1, 0.15) is 83.9 Å². The van der Waals surface area contributed by atoms with Gasteiger partial charge in [-0.2, -0.15) is 12.6 Å². The third-order valence-corrected chi connectivity index (χ3v) is 12.5. The number of nitrogens with one attached hydrogen (secondary N) is 10. The van der Waals surface area contributed by atoms with Gasteiger partial charge >= 0.3 is 17.9 Å². The summed E-state index contributed by atoms with van der Waals surface area (Å²) in [6.07, 6.45) is -4.09. The van der Waals surface area contributed by atoms with Crippen molar-refractivity contribution in [2.45, 2.75) is 158 Å². The Hall–Kier alpha value is -8.27. The van der Waals surface area contributed by atoms with E-state index in [1.54, 1.807) is 44.2 Å². The maximum absolute atomic E-state index is 14.2. The summed E-state index contributed by atoms with van der Waals surface area (Å²) in [6.45, 7) is 5.95. The molecule has 21 N–H and O–H groups in total. The Balaban J connectivity index is 2.46. The maximum atomic E-state index is 14.2. The number of thiol groups is 1. The van der Waals surface area contributed by atoms with E-state index in [1.807, 2.05) is 0 Å².